The van der Waals surface area contributed by atoms with Crippen LogP contribution in [0.25, 0.3) is 10.9 Å². The van der Waals surface area contributed by atoms with Gasteiger partial charge in [0, 0.05) is 10.9 Å². The minimum absolute atomic E-state index is 0.0161. The summed E-state index contributed by atoms with van der Waals surface area (Å²) in [4.78, 5) is 16.7. The highest BCUT2D eigenvalue weighted by Crippen LogP contribution is 2.20. The molecule has 0 aliphatic heterocycles. The quantitative estimate of drug-likeness (QED) is 0.590. The summed E-state index contributed by atoms with van der Waals surface area (Å²) in [5.74, 6) is -0.110. The van der Waals surface area contributed by atoms with Crippen LogP contribution in [0.15, 0.2) is 30.5 Å². The van der Waals surface area contributed by atoms with Crippen LogP contribution in [0.3, 0.4) is 0 Å². The third-order valence-electron chi connectivity index (χ3n) is 2.30. The van der Waals surface area contributed by atoms with Gasteiger partial charge < -0.3 is 4.84 Å². The number of carbonyl (C=O) groups excluding carboxylic acids is 1. The fourth-order valence-electron chi connectivity index (χ4n) is 1.60. The van der Waals surface area contributed by atoms with Crippen LogP contribution >= 0.6 is 11.6 Å². The van der Waals surface area contributed by atoms with Gasteiger partial charge in [0.15, 0.2) is 5.78 Å². The largest absolute Gasteiger partial charge is 0.417 e. The van der Waals surface area contributed by atoms with E-state index in [1.54, 1.807) is 18.0 Å². The Morgan fingerprint density at radius 2 is 2.20 bits per heavy atom. The van der Waals surface area contributed by atoms with Gasteiger partial charge in [-0.25, -0.2) is 0 Å². The smallest absolute Gasteiger partial charge is 0.179 e. The summed E-state index contributed by atoms with van der Waals surface area (Å²) in [7, 11) is 1.56. The highest BCUT2D eigenvalue weighted by Gasteiger charge is 2.13. The molecule has 78 valence electrons. The Balaban J connectivity index is 2.70. The van der Waals surface area contributed by atoms with E-state index in [1.165, 1.54) is 0 Å². The number of alkyl halides is 1. The van der Waals surface area contributed by atoms with Crippen molar-refractivity contribution in [3.63, 3.8) is 0 Å². The molecule has 0 aliphatic carbocycles. The maximum Gasteiger partial charge on any atom is 0.179 e. The maximum absolute atomic E-state index is 11.6. The Hall–Kier alpha value is -1.48. The number of hydrogen-bond acceptors (Lipinski definition) is 2. The normalized spacial score (nSPS) is 10.5. The van der Waals surface area contributed by atoms with Crippen LogP contribution in [0, 0.1) is 0 Å². The maximum atomic E-state index is 11.6. The monoisotopic (exact) mass is 223 g/mol. The summed E-state index contributed by atoms with van der Waals surface area (Å²) in [5.41, 5.74) is 1.47. The molecule has 0 spiro atoms. The number of ketones is 1. The van der Waals surface area contributed by atoms with Crippen molar-refractivity contribution >= 4 is 28.3 Å². The van der Waals surface area contributed by atoms with E-state index in [-0.39, 0.29) is 11.7 Å². The predicted molar refractivity (Wildman–Crippen MR) is 59.5 cm³/mol. The molecule has 1 aromatic heterocycles. The Bertz CT molecular complexity index is 504. The lowest BCUT2D eigenvalue weighted by Gasteiger charge is -1.99. The van der Waals surface area contributed by atoms with Gasteiger partial charge in [-0.15, -0.1) is 11.6 Å². The Kier molecular flexibility index (Phi) is 2.64. The van der Waals surface area contributed by atoms with Crippen molar-refractivity contribution in [2.75, 3.05) is 13.0 Å². The predicted octanol–water partition coefficient (Wildman–Crippen LogP) is 2.12. The van der Waals surface area contributed by atoms with Crippen LogP contribution in [-0.2, 0) is 0 Å². The average Bonchev–Trinajstić information content (AvgIpc) is 2.67. The van der Waals surface area contributed by atoms with Crippen LogP contribution in [0.4, 0.5) is 0 Å². The molecular weight excluding hydrogens is 214 g/mol. The second kappa shape index (κ2) is 3.95. The average molecular weight is 224 g/mol. The number of Topliss-reactive ketones (excluding diaryl/α,β-unsaturated/α-hetero) is 1. The second-order valence-electron chi connectivity index (χ2n) is 3.13. The molecule has 1 aromatic carbocycles. The first-order valence-electron chi connectivity index (χ1n) is 4.51. The van der Waals surface area contributed by atoms with Crippen LogP contribution < -0.4 is 4.84 Å². The number of para-hydroxylation sites is 1. The van der Waals surface area contributed by atoms with E-state index >= 15 is 0 Å². The van der Waals surface area contributed by atoms with Crippen molar-refractivity contribution in [2.24, 2.45) is 0 Å². The van der Waals surface area contributed by atoms with Gasteiger partial charge in [-0.1, -0.05) is 18.2 Å². The van der Waals surface area contributed by atoms with Crippen molar-refractivity contribution in [1.29, 1.82) is 0 Å². The number of halogens is 1. The molecule has 0 amide bonds. The standard InChI is InChI=1S/C11H10ClNO2/c1-15-13-7-9(11(14)6-12)8-4-2-3-5-10(8)13/h2-5,7H,6H2,1H3. The van der Waals surface area contributed by atoms with E-state index in [0.717, 1.165) is 10.9 Å². The summed E-state index contributed by atoms with van der Waals surface area (Å²) in [6.45, 7) is 0. The molecule has 2 rings (SSSR count). The lowest BCUT2D eigenvalue weighted by molar-refractivity contribution is 0.102. The lowest BCUT2D eigenvalue weighted by Crippen LogP contribution is -2.04. The third-order valence-corrected chi connectivity index (χ3v) is 2.54. The van der Waals surface area contributed by atoms with E-state index in [4.69, 9.17) is 16.4 Å². The van der Waals surface area contributed by atoms with Gasteiger partial charge in [0.05, 0.1) is 17.6 Å². The molecule has 0 saturated heterocycles. The van der Waals surface area contributed by atoms with E-state index in [0.29, 0.717) is 5.56 Å². The highest BCUT2D eigenvalue weighted by atomic mass is 35.5. The Labute approximate surface area is 92.2 Å². The molecule has 15 heavy (non-hydrogen) atoms. The minimum Gasteiger partial charge on any atom is -0.417 e. The van der Waals surface area contributed by atoms with E-state index < -0.39 is 0 Å². The highest BCUT2D eigenvalue weighted by molar-refractivity contribution is 6.32. The van der Waals surface area contributed by atoms with Crippen molar-refractivity contribution in [2.45, 2.75) is 0 Å². The summed E-state index contributed by atoms with van der Waals surface area (Å²) in [5, 5.41) is 0.866. The SMILES string of the molecule is COn1cc(C(=O)CCl)c2ccccc21. The molecule has 0 unspecified atom stereocenters. The van der Waals surface area contributed by atoms with E-state index in [1.807, 2.05) is 24.3 Å². The minimum atomic E-state index is -0.0938. The van der Waals surface area contributed by atoms with Gasteiger partial charge in [-0.05, 0) is 6.07 Å². The zero-order valence-electron chi connectivity index (χ0n) is 8.24. The summed E-state index contributed by atoms with van der Waals surface area (Å²) in [6.07, 6.45) is 1.66. The molecule has 1 heterocycles. The topological polar surface area (TPSA) is 31.2 Å². The number of hydrogen-bond donors (Lipinski definition) is 0. The Morgan fingerprint density at radius 3 is 2.87 bits per heavy atom. The molecule has 4 heteroatoms. The van der Waals surface area contributed by atoms with Crippen LogP contribution in [0.2, 0.25) is 0 Å². The van der Waals surface area contributed by atoms with Crippen LogP contribution in [-0.4, -0.2) is 23.5 Å². The number of benzene rings is 1. The third kappa shape index (κ3) is 1.59. The van der Waals surface area contributed by atoms with Crippen molar-refractivity contribution < 1.29 is 9.63 Å². The molecule has 0 saturated carbocycles. The number of nitrogens with zero attached hydrogens (tertiary/aromatic N) is 1. The number of fused-ring (bicyclic) bond motifs is 1. The molecule has 0 N–H and O–H groups in total. The Morgan fingerprint density at radius 1 is 1.47 bits per heavy atom. The van der Waals surface area contributed by atoms with E-state index in [2.05, 4.69) is 0 Å². The van der Waals surface area contributed by atoms with Gasteiger partial charge in [0.2, 0.25) is 0 Å². The molecule has 2 aromatic rings. The van der Waals surface area contributed by atoms with Crippen molar-refractivity contribution in [1.82, 2.24) is 4.73 Å². The summed E-state index contributed by atoms with van der Waals surface area (Å²) < 4.78 is 1.56. The number of rotatable bonds is 3. The number of carbonyl (C=O) groups is 1. The van der Waals surface area contributed by atoms with Gasteiger partial charge >= 0.3 is 0 Å². The first kappa shape index (κ1) is 10.1. The van der Waals surface area contributed by atoms with Crippen LogP contribution in [0.5, 0.6) is 0 Å². The fourth-order valence-corrected chi connectivity index (χ4v) is 1.74. The molecule has 0 atom stereocenters. The van der Waals surface area contributed by atoms with Crippen molar-refractivity contribution in [3.8, 4) is 0 Å². The van der Waals surface area contributed by atoms with Crippen molar-refractivity contribution in [3.05, 3.63) is 36.0 Å². The fraction of sp³-hybridized carbons (Fsp3) is 0.182. The summed E-state index contributed by atoms with van der Waals surface area (Å²) in [6, 6.07) is 7.55. The zero-order chi connectivity index (χ0) is 10.8. The summed E-state index contributed by atoms with van der Waals surface area (Å²) >= 11 is 5.54. The molecule has 0 aliphatic rings. The van der Waals surface area contributed by atoms with Gasteiger partial charge in [-0.2, -0.15) is 4.73 Å². The number of aromatic nitrogens is 1. The first-order valence-corrected chi connectivity index (χ1v) is 5.05. The first-order chi connectivity index (χ1) is 7.27. The molecular formula is C11H10ClNO2. The molecule has 3 nitrogen and oxygen atoms in total. The second-order valence-corrected chi connectivity index (χ2v) is 3.39. The van der Waals surface area contributed by atoms with E-state index in [9.17, 15) is 4.79 Å². The van der Waals surface area contributed by atoms with Gasteiger partial charge in [0.1, 0.15) is 7.11 Å². The molecule has 0 fully saturated rings. The van der Waals surface area contributed by atoms with Gasteiger partial charge in [-0.3, -0.25) is 4.79 Å². The molecule has 0 bridgehead atoms. The lowest BCUT2D eigenvalue weighted by atomic mass is 10.1. The zero-order valence-corrected chi connectivity index (χ0v) is 8.99. The van der Waals surface area contributed by atoms with Crippen LogP contribution in [0.1, 0.15) is 10.4 Å². The van der Waals surface area contributed by atoms with Gasteiger partial charge in [0.25, 0.3) is 0 Å². The molecule has 0 radical (unpaired) electrons.